The molecule has 10 N–H and O–H groups in total. The third kappa shape index (κ3) is 7.16. The van der Waals surface area contributed by atoms with Crippen molar-refractivity contribution in [1.82, 2.24) is 51.2 Å². The zero-order chi connectivity index (χ0) is 32.1. The molecule has 1 aromatic carbocycles. The SMILES string of the molecule is CN(Cc1cnc2nc(N)nc(N)c2n1)c1ccc(C(=O)NC(CCCNC(=O)c2ccc(N)cc2-c2nn[nH]n2)C(=O)O)s1. The number of carbonyl (C=O) groups is 3. The summed E-state index contributed by atoms with van der Waals surface area (Å²) in [5, 5.41) is 29.4. The molecular weight excluding hydrogens is 604 g/mol. The van der Waals surface area contributed by atoms with Crippen LogP contribution in [0.2, 0.25) is 0 Å². The third-order valence-corrected chi connectivity index (χ3v) is 7.72. The number of benzene rings is 1. The molecule has 0 saturated carbocycles. The van der Waals surface area contributed by atoms with Crippen molar-refractivity contribution in [3.8, 4) is 11.4 Å². The van der Waals surface area contributed by atoms with Crippen molar-refractivity contribution >= 4 is 62.7 Å². The van der Waals surface area contributed by atoms with Crippen LogP contribution in [0.4, 0.5) is 22.5 Å². The quantitative estimate of drug-likeness (QED) is 0.0725. The van der Waals surface area contributed by atoms with E-state index in [1.807, 2.05) is 11.9 Å². The number of anilines is 4. The standard InChI is InChI=1S/C26H28N14O4S/c1-40(11-13-10-31-22-19(32-13)20(28)34-26(29)35-22)18-7-6-17(45-18)24(42)33-16(25(43)44)3-2-8-30-23(41)14-5-4-12(27)9-15(14)21-36-38-39-37-21/h4-7,9-10,16H,2-3,8,11,27H2,1H3,(H,30,41)(H,33,42)(H,43,44)(H,36,37,38,39)(H4,28,29,31,34,35). The fourth-order valence-corrected chi connectivity index (χ4v) is 5.22. The summed E-state index contributed by atoms with van der Waals surface area (Å²) in [6.45, 7) is 0.496. The van der Waals surface area contributed by atoms with Crippen molar-refractivity contribution in [3.63, 3.8) is 0 Å². The van der Waals surface area contributed by atoms with Gasteiger partial charge in [0.25, 0.3) is 11.8 Å². The van der Waals surface area contributed by atoms with Crippen LogP contribution in [-0.4, -0.2) is 83.1 Å². The molecule has 5 rings (SSSR count). The van der Waals surface area contributed by atoms with Crippen LogP contribution < -0.4 is 32.7 Å². The first-order valence-electron chi connectivity index (χ1n) is 13.4. The molecule has 5 aromatic rings. The molecule has 0 aliphatic heterocycles. The number of nitrogens with two attached hydrogens (primary N) is 3. The van der Waals surface area contributed by atoms with Crippen LogP contribution in [0.15, 0.2) is 36.5 Å². The Hall–Kier alpha value is -5.98. The highest BCUT2D eigenvalue weighted by Crippen LogP contribution is 2.27. The first-order valence-corrected chi connectivity index (χ1v) is 14.2. The summed E-state index contributed by atoms with van der Waals surface area (Å²) in [5.74, 6) is -1.81. The van der Waals surface area contributed by atoms with Crippen LogP contribution in [0.1, 0.15) is 38.6 Å². The Labute approximate surface area is 258 Å². The van der Waals surface area contributed by atoms with Gasteiger partial charge in [0.05, 0.1) is 33.9 Å². The summed E-state index contributed by atoms with van der Waals surface area (Å²) < 4.78 is 0. The lowest BCUT2D eigenvalue weighted by Gasteiger charge is -2.17. The van der Waals surface area contributed by atoms with E-state index in [1.165, 1.54) is 11.3 Å². The lowest BCUT2D eigenvalue weighted by atomic mass is 10.0. The topological polar surface area (TPSA) is 283 Å². The molecule has 1 atom stereocenters. The molecule has 0 bridgehead atoms. The van der Waals surface area contributed by atoms with Gasteiger partial charge in [-0.15, -0.1) is 21.5 Å². The highest BCUT2D eigenvalue weighted by atomic mass is 32.1. The average molecular weight is 633 g/mol. The van der Waals surface area contributed by atoms with Gasteiger partial charge in [0.1, 0.15) is 6.04 Å². The number of carboxylic acid groups (broad SMARTS) is 1. The lowest BCUT2D eigenvalue weighted by Crippen LogP contribution is -2.41. The number of nitrogens with zero attached hydrogens (tertiary/aromatic N) is 8. The molecular formula is C26H28N14O4S. The number of carbonyl (C=O) groups excluding carboxylic acids is 2. The summed E-state index contributed by atoms with van der Waals surface area (Å²) >= 11 is 1.19. The summed E-state index contributed by atoms with van der Waals surface area (Å²) in [7, 11) is 1.81. The molecule has 0 spiro atoms. The Kier molecular flexibility index (Phi) is 8.89. The molecule has 4 aromatic heterocycles. The Morgan fingerprint density at radius 1 is 1.09 bits per heavy atom. The second kappa shape index (κ2) is 13.1. The van der Waals surface area contributed by atoms with Crippen molar-refractivity contribution < 1.29 is 19.5 Å². The van der Waals surface area contributed by atoms with E-state index in [2.05, 4.69) is 51.2 Å². The Morgan fingerprint density at radius 3 is 2.67 bits per heavy atom. The van der Waals surface area contributed by atoms with Crippen LogP contribution in [0.3, 0.4) is 0 Å². The number of aliphatic carboxylic acids is 1. The van der Waals surface area contributed by atoms with E-state index in [1.54, 1.807) is 36.5 Å². The van der Waals surface area contributed by atoms with E-state index in [0.29, 0.717) is 33.9 Å². The lowest BCUT2D eigenvalue weighted by molar-refractivity contribution is -0.139. The van der Waals surface area contributed by atoms with Crippen molar-refractivity contribution in [2.75, 3.05) is 35.7 Å². The van der Waals surface area contributed by atoms with Crippen LogP contribution in [0.5, 0.6) is 0 Å². The van der Waals surface area contributed by atoms with Gasteiger partial charge in [0.15, 0.2) is 17.0 Å². The number of hydrogen-bond acceptors (Lipinski definition) is 15. The highest BCUT2D eigenvalue weighted by Gasteiger charge is 2.22. The maximum atomic E-state index is 12.9. The summed E-state index contributed by atoms with van der Waals surface area (Å²) in [5.41, 5.74) is 19.7. The minimum atomic E-state index is -1.19. The fourth-order valence-electron chi connectivity index (χ4n) is 4.35. The Morgan fingerprint density at radius 2 is 1.91 bits per heavy atom. The number of amides is 2. The van der Waals surface area contributed by atoms with E-state index in [9.17, 15) is 19.5 Å². The van der Waals surface area contributed by atoms with Crippen molar-refractivity contribution in [1.29, 1.82) is 0 Å². The van der Waals surface area contributed by atoms with E-state index >= 15 is 0 Å². The first-order chi connectivity index (χ1) is 21.6. The van der Waals surface area contributed by atoms with Gasteiger partial charge in [-0.3, -0.25) is 9.59 Å². The van der Waals surface area contributed by atoms with Crippen LogP contribution in [-0.2, 0) is 11.3 Å². The van der Waals surface area contributed by atoms with Gasteiger partial charge in [-0.05, 0) is 48.4 Å². The highest BCUT2D eigenvalue weighted by molar-refractivity contribution is 7.18. The number of H-pyrrole nitrogens is 1. The predicted octanol–water partition coefficient (Wildman–Crippen LogP) is 0.438. The minimum Gasteiger partial charge on any atom is -0.480 e. The number of thiophene rings is 1. The molecule has 0 fully saturated rings. The summed E-state index contributed by atoms with van der Waals surface area (Å²) in [4.78, 5) is 56.5. The fraction of sp³-hybridized carbons (Fsp3) is 0.231. The molecule has 4 heterocycles. The van der Waals surface area contributed by atoms with Gasteiger partial charge >= 0.3 is 5.97 Å². The maximum Gasteiger partial charge on any atom is 0.326 e. The molecule has 19 heteroatoms. The summed E-state index contributed by atoms with van der Waals surface area (Å²) in [6.07, 6.45) is 1.91. The number of aromatic amines is 1. The second-order valence-corrected chi connectivity index (χ2v) is 10.9. The van der Waals surface area contributed by atoms with Gasteiger partial charge < -0.3 is 37.8 Å². The van der Waals surface area contributed by atoms with E-state index in [-0.39, 0.29) is 48.2 Å². The van der Waals surface area contributed by atoms with Crippen LogP contribution in [0.25, 0.3) is 22.6 Å². The minimum absolute atomic E-state index is 0.00568. The number of tetrazole rings is 1. The number of nitrogen functional groups attached to an aromatic ring is 3. The zero-order valence-electron chi connectivity index (χ0n) is 23.8. The largest absolute Gasteiger partial charge is 0.480 e. The molecule has 232 valence electrons. The van der Waals surface area contributed by atoms with E-state index < -0.39 is 23.8 Å². The zero-order valence-corrected chi connectivity index (χ0v) is 24.6. The molecule has 45 heavy (non-hydrogen) atoms. The van der Waals surface area contributed by atoms with Gasteiger partial charge in [-0.2, -0.15) is 15.2 Å². The number of rotatable bonds is 12. The van der Waals surface area contributed by atoms with Crippen LogP contribution in [0, 0.1) is 0 Å². The van der Waals surface area contributed by atoms with Crippen molar-refractivity contribution in [3.05, 3.63) is 52.7 Å². The predicted molar refractivity (Wildman–Crippen MR) is 165 cm³/mol. The maximum absolute atomic E-state index is 12.9. The molecule has 18 nitrogen and oxygen atoms in total. The third-order valence-electron chi connectivity index (χ3n) is 6.53. The number of hydrogen-bond donors (Lipinski definition) is 7. The molecule has 1 unspecified atom stereocenters. The Balaban J connectivity index is 1.14. The monoisotopic (exact) mass is 632 g/mol. The molecule has 0 saturated heterocycles. The molecule has 0 aliphatic rings. The van der Waals surface area contributed by atoms with Gasteiger partial charge in [0, 0.05) is 24.8 Å². The van der Waals surface area contributed by atoms with Crippen LogP contribution >= 0.6 is 11.3 Å². The average Bonchev–Trinajstić information content (AvgIpc) is 3.72. The molecule has 0 radical (unpaired) electrons. The van der Waals surface area contributed by atoms with Crippen molar-refractivity contribution in [2.45, 2.75) is 25.4 Å². The number of fused-ring (bicyclic) bond motifs is 1. The van der Waals surface area contributed by atoms with E-state index in [0.717, 1.165) is 5.00 Å². The molecule has 0 aliphatic carbocycles. The van der Waals surface area contributed by atoms with Gasteiger partial charge in [-0.25, -0.2) is 14.8 Å². The molecule has 2 amide bonds. The van der Waals surface area contributed by atoms with Crippen molar-refractivity contribution in [2.24, 2.45) is 0 Å². The number of carboxylic acids is 1. The number of aromatic nitrogens is 8. The summed E-state index contributed by atoms with van der Waals surface area (Å²) in [6, 6.07) is 6.86. The number of nitrogens with one attached hydrogen (secondary N) is 3. The van der Waals surface area contributed by atoms with Gasteiger partial charge in [-0.1, -0.05) is 0 Å². The normalized spacial score (nSPS) is 11.7. The van der Waals surface area contributed by atoms with Gasteiger partial charge in [0.2, 0.25) is 11.8 Å². The Bertz CT molecular complexity index is 1860. The smallest absolute Gasteiger partial charge is 0.326 e. The first kappa shape index (κ1) is 30.5. The second-order valence-electron chi connectivity index (χ2n) is 9.80. The van der Waals surface area contributed by atoms with E-state index in [4.69, 9.17) is 17.2 Å².